The van der Waals surface area contributed by atoms with Gasteiger partial charge in [-0.25, -0.2) is 13.2 Å². The van der Waals surface area contributed by atoms with Gasteiger partial charge in [-0.15, -0.1) is 0 Å². The molecular formula is C14H10F3NO. The van der Waals surface area contributed by atoms with Crippen LogP contribution in [0.4, 0.5) is 18.9 Å². The normalized spacial score (nSPS) is 10.3. The minimum absolute atomic E-state index is 0.0168. The van der Waals surface area contributed by atoms with Crippen LogP contribution < -0.4 is 5.32 Å². The highest BCUT2D eigenvalue weighted by molar-refractivity contribution is 5.92. The van der Waals surface area contributed by atoms with Crippen molar-refractivity contribution in [3.8, 4) is 0 Å². The van der Waals surface area contributed by atoms with Crippen molar-refractivity contribution in [3.63, 3.8) is 0 Å². The monoisotopic (exact) mass is 265 g/mol. The number of anilines is 1. The molecule has 0 saturated heterocycles. The van der Waals surface area contributed by atoms with Crippen molar-refractivity contribution in [1.82, 2.24) is 0 Å². The Morgan fingerprint density at radius 2 is 1.58 bits per heavy atom. The quantitative estimate of drug-likeness (QED) is 0.906. The Hall–Kier alpha value is -2.30. The molecule has 0 saturated carbocycles. The first kappa shape index (κ1) is 13.1. The first-order chi connectivity index (χ1) is 9.04. The molecule has 0 heterocycles. The maximum absolute atomic E-state index is 13.3. The lowest BCUT2D eigenvalue weighted by atomic mass is 10.1. The highest BCUT2D eigenvalue weighted by Crippen LogP contribution is 2.15. The van der Waals surface area contributed by atoms with Crippen molar-refractivity contribution in [1.29, 1.82) is 0 Å². The molecule has 2 nitrogen and oxygen atoms in total. The number of benzene rings is 2. The highest BCUT2D eigenvalue weighted by Gasteiger charge is 2.08. The van der Waals surface area contributed by atoms with Crippen molar-refractivity contribution < 1.29 is 18.0 Å². The third-order valence-electron chi connectivity index (χ3n) is 2.48. The predicted molar refractivity (Wildman–Crippen MR) is 65.1 cm³/mol. The zero-order chi connectivity index (χ0) is 13.8. The Bertz CT molecular complexity index is 596. The van der Waals surface area contributed by atoms with E-state index in [-0.39, 0.29) is 12.1 Å². The smallest absolute Gasteiger partial charge is 0.228 e. The number of rotatable bonds is 3. The number of carbonyl (C=O) groups is 1. The van der Waals surface area contributed by atoms with Crippen LogP contribution in [0.2, 0.25) is 0 Å². The molecule has 0 fully saturated rings. The molecule has 2 aromatic carbocycles. The highest BCUT2D eigenvalue weighted by atomic mass is 19.1. The number of hydrogen-bond acceptors (Lipinski definition) is 1. The van der Waals surface area contributed by atoms with E-state index in [0.717, 1.165) is 12.1 Å². The van der Waals surface area contributed by atoms with E-state index in [0.29, 0.717) is 11.6 Å². The van der Waals surface area contributed by atoms with Crippen LogP contribution in [0, 0.1) is 17.5 Å². The molecule has 0 aliphatic rings. The second kappa shape index (κ2) is 5.56. The van der Waals surface area contributed by atoms with Crippen LogP contribution in [0.3, 0.4) is 0 Å². The van der Waals surface area contributed by atoms with E-state index >= 15 is 0 Å². The van der Waals surface area contributed by atoms with Crippen LogP contribution in [-0.2, 0) is 11.2 Å². The molecule has 0 atom stereocenters. The molecule has 0 bridgehead atoms. The minimum atomic E-state index is -0.840. The fraction of sp³-hybridized carbons (Fsp3) is 0.0714. The van der Waals surface area contributed by atoms with Gasteiger partial charge in [0.2, 0.25) is 5.91 Å². The molecule has 1 N–H and O–H groups in total. The van der Waals surface area contributed by atoms with Gasteiger partial charge in [0.1, 0.15) is 17.5 Å². The van der Waals surface area contributed by atoms with Gasteiger partial charge in [0.25, 0.3) is 0 Å². The summed E-state index contributed by atoms with van der Waals surface area (Å²) < 4.78 is 38.7. The van der Waals surface area contributed by atoms with Crippen LogP contribution in [0.25, 0.3) is 0 Å². The van der Waals surface area contributed by atoms with Gasteiger partial charge in [-0.3, -0.25) is 4.79 Å². The topological polar surface area (TPSA) is 29.1 Å². The number of halogens is 3. The average molecular weight is 265 g/mol. The number of nitrogens with one attached hydrogen (secondary N) is 1. The van der Waals surface area contributed by atoms with Crippen molar-refractivity contribution >= 4 is 11.6 Å². The van der Waals surface area contributed by atoms with Crippen molar-refractivity contribution in [3.05, 3.63) is 65.5 Å². The van der Waals surface area contributed by atoms with E-state index in [1.54, 1.807) is 0 Å². The summed E-state index contributed by atoms with van der Waals surface area (Å²) in [4.78, 5) is 11.6. The molecule has 0 aliphatic carbocycles. The Balaban J connectivity index is 2.03. The molecular weight excluding hydrogens is 255 g/mol. The van der Waals surface area contributed by atoms with E-state index < -0.39 is 23.4 Å². The molecule has 0 aliphatic heterocycles. The Kier molecular flexibility index (Phi) is 3.85. The van der Waals surface area contributed by atoms with Gasteiger partial charge in [-0.05, 0) is 29.8 Å². The average Bonchev–Trinajstić information content (AvgIpc) is 2.36. The summed E-state index contributed by atoms with van der Waals surface area (Å²) in [6, 6.07) is 8.30. The van der Waals surface area contributed by atoms with Crippen molar-refractivity contribution in [2.75, 3.05) is 5.32 Å². The summed E-state index contributed by atoms with van der Waals surface area (Å²) in [6.45, 7) is 0. The summed E-state index contributed by atoms with van der Waals surface area (Å²) in [5.41, 5.74) is 0.509. The molecule has 5 heteroatoms. The Morgan fingerprint density at radius 1 is 0.947 bits per heavy atom. The summed E-state index contributed by atoms with van der Waals surface area (Å²) in [6.07, 6.45) is -0.0168. The lowest BCUT2D eigenvalue weighted by Gasteiger charge is -2.06. The van der Waals surface area contributed by atoms with Gasteiger partial charge in [0.15, 0.2) is 0 Å². The maximum atomic E-state index is 13.3. The molecule has 2 aromatic rings. The summed E-state index contributed by atoms with van der Waals surface area (Å²) in [5, 5.41) is 2.33. The molecule has 19 heavy (non-hydrogen) atoms. The Labute approximate surface area is 107 Å². The van der Waals surface area contributed by atoms with Crippen LogP contribution in [-0.4, -0.2) is 5.91 Å². The fourth-order valence-electron chi connectivity index (χ4n) is 1.57. The van der Waals surface area contributed by atoms with E-state index in [1.165, 1.54) is 24.3 Å². The molecule has 98 valence electrons. The van der Waals surface area contributed by atoms with Gasteiger partial charge in [-0.2, -0.15) is 0 Å². The molecule has 2 rings (SSSR count). The van der Waals surface area contributed by atoms with E-state index in [2.05, 4.69) is 5.32 Å². The molecule has 0 aromatic heterocycles. The number of amides is 1. The van der Waals surface area contributed by atoms with E-state index in [4.69, 9.17) is 0 Å². The fourth-order valence-corrected chi connectivity index (χ4v) is 1.57. The zero-order valence-electron chi connectivity index (χ0n) is 9.79. The van der Waals surface area contributed by atoms with Gasteiger partial charge in [0, 0.05) is 6.07 Å². The van der Waals surface area contributed by atoms with Gasteiger partial charge in [-0.1, -0.05) is 12.1 Å². The van der Waals surface area contributed by atoms with Crippen LogP contribution in [0.15, 0.2) is 42.5 Å². The Morgan fingerprint density at radius 3 is 2.21 bits per heavy atom. The SMILES string of the molecule is O=C(Cc1ccc(F)cc1)Nc1ccc(F)cc1F. The predicted octanol–water partition coefficient (Wildman–Crippen LogP) is 3.29. The summed E-state index contributed by atoms with van der Waals surface area (Å²) in [7, 11) is 0. The first-order valence-corrected chi connectivity index (χ1v) is 5.54. The van der Waals surface area contributed by atoms with Crippen molar-refractivity contribution in [2.45, 2.75) is 6.42 Å². The second-order valence-corrected chi connectivity index (χ2v) is 3.98. The zero-order valence-corrected chi connectivity index (χ0v) is 9.79. The third-order valence-corrected chi connectivity index (χ3v) is 2.48. The van der Waals surface area contributed by atoms with Crippen LogP contribution in [0.5, 0.6) is 0 Å². The number of hydrogen-bond donors (Lipinski definition) is 1. The minimum Gasteiger partial charge on any atom is -0.323 e. The van der Waals surface area contributed by atoms with Gasteiger partial charge >= 0.3 is 0 Å². The van der Waals surface area contributed by atoms with E-state index in [9.17, 15) is 18.0 Å². The lowest BCUT2D eigenvalue weighted by molar-refractivity contribution is -0.115. The standard InChI is InChI=1S/C14H10F3NO/c15-10-3-1-9(2-4-10)7-14(19)18-13-6-5-11(16)8-12(13)17/h1-6,8H,7H2,(H,18,19). The molecule has 0 spiro atoms. The first-order valence-electron chi connectivity index (χ1n) is 5.54. The second-order valence-electron chi connectivity index (χ2n) is 3.98. The third kappa shape index (κ3) is 3.58. The van der Waals surface area contributed by atoms with Crippen LogP contribution >= 0.6 is 0 Å². The maximum Gasteiger partial charge on any atom is 0.228 e. The largest absolute Gasteiger partial charge is 0.323 e. The lowest BCUT2D eigenvalue weighted by Crippen LogP contribution is -2.15. The molecule has 0 radical (unpaired) electrons. The summed E-state index contributed by atoms with van der Waals surface area (Å²) in [5.74, 6) is -2.41. The van der Waals surface area contributed by atoms with Crippen molar-refractivity contribution in [2.24, 2.45) is 0 Å². The molecule has 0 unspecified atom stereocenters. The molecule has 1 amide bonds. The summed E-state index contributed by atoms with van der Waals surface area (Å²) >= 11 is 0. The van der Waals surface area contributed by atoms with Gasteiger partial charge < -0.3 is 5.32 Å². The van der Waals surface area contributed by atoms with Crippen LogP contribution in [0.1, 0.15) is 5.56 Å². The van der Waals surface area contributed by atoms with Gasteiger partial charge in [0.05, 0.1) is 12.1 Å². The van der Waals surface area contributed by atoms with E-state index in [1.807, 2.05) is 0 Å². The number of carbonyl (C=O) groups excluding carboxylic acids is 1.